The van der Waals surface area contributed by atoms with E-state index in [4.69, 9.17) is 0 Å². The van der Waals surface area contributed by atoms with Gasteiger partial charge in [-0.3, -0.25) is 4.68 Å². The third-order valence-electron chi connectivity index (χ3n) is 3.69. The number of halogens is 1. The molecule has 1 N–H and O–H groups in total. The average Bonchev–Trinajstić information content (AvgIpc) is 2.71. The van der Waals surface area contributed by atoms with Crippen molar-refractivity contribution in [3.8, 4) is 0 Å². The second kappa shape index (κ2) is 6.01. The molecule has 1 saturated heterocycles. The molecule has 0 radical (unpaired) electrons. The summed E-state index contributed by atoms with van der Waals surface area (Å²) in [4.78, 5) is 0. The van der Waals surface area contributed by atoms with Gasteiger partial charge in [0.2, 0.25) is 0 Å². The molecule has 4 heteroatoms. The molecule has 1 aliphatic heterocycles. The van der Waals surface area contributed by atoms with Crippen LogP contribution in [-0.2, 0) is 6.54 Å². The van der Waals surface area contributed by atoms with Crippen molar-refractivity contribution in [3.63, 3.8) is 0 Å². The Morgan fingerprint density at radius 2 is 2.35 bits per heavy atom. The highest BCUT2D eigenvalue weighted by molar-refractivity contribution is 9.10. The quantitative estimate of drug-likeness (QED) is 0.922. The van der Waals surface area contributed by atoms with Crippen molar-refractivity contribution in [2.45, 2.75) is 52.1 Å². The highest BCUT2D eigenvalue weighted by Crippen LogP contribution is 2.32. The van der Waals surface area contributed by atoms with Gasteiger partial charge in [0.15, 0.2) is 0 Å². The van der Waals surface area contributed by atoms with Gasteiger partial charge >= 0.3 is 0 Å². The van der Waals surface area contributed by atoms with Crippen LogP contribution >= 0.6 is 15.9 Å². The van der Waals surface area contributed by atoms with E-state index < -0.39 is 0 Å². The highest BCUT2D eigenvalue weighted by atomic mass is 79.9. The predicted octanol–water partition coefficient (Wildman–Crippen LogP) is 3.51. The summed E-state index contributed by atoms with van der Waals surface area (Å²) in [5.74, 6) is 0.859. The first-order valence-electron chi connectivity index (χ1n) is 6.70. The van der Waals surface area contributed by atoms with E-state index in [0.717, 1.165) is 29.9 Å². The smallest absolute Gasteiger partial charge is 0.0695 e. The summed E-state index contributed by atoms with van der Waals surface area (Å²) in [6, 6.07) is 0.470. The Labute approximate surface area is 112 Å². The van der Waals surface area contributed by atoms with Crippen LogP contribution in [0, 0.1) is 5.92 Å². The summed E-state index contributed by atoms with van der Waals surface area (Å²) in [5, 5.41) is 8.10. The van der Waals surface area contributed by atoms with Crippen molar-refractivity contribution in [2.24, 2.45) is 5.92 Å². The Morgan fingerprint density at radius 3 is 3.06 bits per heavy atom. The minimum Gasteiger partial charge on any atom is -0.309 e. The number of nitrogens with one attached hydrogen (secondary N) is 1. The first-order chi connectivity index (χ1) is 8.26. The minimum atomic E-state index is 0.470. The van der Waals surface area contributed by atoms with Gasteiger partial charge in [-0.1, -0.05) is 20.3 Å². The van der Waals surface area contributed by atoms with E-state index in [1.54, 1.807) is 0 Å². The number of hydrogen-bond acceptors (Lipinski definition) is 2. The van der Waals surface area contributed by atoms with E-state index in [0.29, 0.717) is 6.04 Å². The molecule has 0 aromatic carbocycles. The molecule has 0 amide bonds. The largest absolute Gasteiger partial charge is 0.309 e. The van der Waals surface area contributed by atoms with E-state index in [-0.39, 0.29) is 0 Å². The number of piperidine rings is 1. The van der Waals surface area contributed by atoms with Gasteiger partial charge in [-0.15, -0.1) is 0 Å². The fourth-order valence-electron chi connectivity index (χ4n) is 2.68. The van der Waals surface area contributed by atoms with Crippen molar-refractivity contribution >= 4 is 15.9 Å². The third kappa shape index (κ3) is 2.91. The second-order valence-electron chi connectivity index (χ2n) is 4.91. The first-order valence-corrected chi connectivity index (χ1v) is 7.50. The Bertz CT molecular complexity index is 362. The fraction of sp³-hybridized carbons (Fsp3) is 0.769. The maximum absolute atomic E-state index is 4.46. The summed E-state index contributed by atoms with van der Waals surface area (Å²) in [6.07, 6.45) is 6.90. The molecular formula is C13H22BrN3. The van der Waals surface area contributed by atoms with E-state index in [1.165, 1.54) is 25.0 Å². The molecule has 0 bridgehead atoms. The Hall–Kier alpha value is -0.350. The molecule has 2 heterocycles. The molecule has 1 aromatic rings. The Balaban J connectivity index is 2.17. The van der Waals surface area contributed by atoms with Crippen molar-refractivity contribution in [2.75, 3.05) is 6.54 Å². The molecular weight excluding hydrogens is 278 g/mol. The van der Waals surface area contributed by atoms with Crippen LogP contribution in [0.5, 0.6) is 0 Å². The van der Waals surface area contributed by atoms with Gasteiger partial charge in [0.1, 0.15) is 0 Å². The standard InChI is InChI=1S/C13H22BrN3/c1-3-7-17-13(11(14)9-16-17)12-8-10(4-2)5-6-15-12/h9-10,12,15H,3-8H2,1-2H3. The van der Waals surface area contributed by atoms with Gasteiger partial charge in [-0.05, 0) is 47.7 Å². The molecule has 3 nitrogen and oxygen atoms in total. The minimum absolute atomic E-state index is 0.470. The summed E-state index contributed by atoms with van der Waals surface area (Å²) in [7, 11) is 0. The monoisotopic (exact) mass is 299 g/mol. The SMILES string of the molecule is CCCn1ncc(Br)c1C1CC(CC)CCN1. The van der Waals surface area contributed by atoms with Gasteiger partial charge in [-0.25, -0.2) is 0 Å². The summed E-state index contributed by atoms with van der Waals surface area (Å²) >= 11 is 3.64. The zero-order chi connectivity index (χ0) is 12.3. The van der Waals surface area contributed by atoms with E-state index in [1.807, 2.05) is 6.20 Å². The maximum Gasteiger partial charge on any atom is 0.0695 e. The van der Waals surface area contributed by atoms with Gasteiger partial charge in [0.05, 0.1) is 22.4 Å². The molecule has 1 aromatic heterocycles. The van der Waals surface area contributed by atoms with Crippen LogP contribution in [0.3, 0.4) is 0 Å². The van der Waals surface area contributed by atoms with Crippen LogP contribution in [0.2, 0.25) is 0 Å². The number of nitrogens with zero attached hydrogens (tertiary/aromatic N) is 2. The van der Waals surface area contributed by atoms with Crippen LogP contribution in [0.4, 0.5) is 0 Å². The predicted molar refractivity (Wildman–Crippen MR) is 74.0 cm³/mol. The van der Waals surface area contributed by atoms with Crippen LogP contribution in [0.1, 0.15) is 51.3 Å². The van der Waals surface area contributed by atoms with Crippen molar-refractivity contribution in [3.05, 3.63) is 16.4 Å². The summed E-state index contributed by atoms with van der Waals surface area (Å²) < 4.78 is 3.31. The molecule has 0 spiro atoms. The zero-order valence-corrected chi connectivity index (χ0v) is 12.3. The lowest BCUT2D eigenvalue weighted by atomic mass is 9.89. The topological polar surface area (TPSA) is 29.9 Å². The lowest BCUT2D eigenvalue weighted by Crippen LogP contribution is -2.33. The zero-order valence-electron chi connectivity index (χ0n) is 10.7. The van der Waals surface area contributed by atoms with Crippen LogP contribution in [0.25, 0.3) is 0 Å². The van der Waals surface area contributed by atoms with Crippen LogP contribution in [-0.4, -0.2) is 16.3 Å². The molecule has 0 aliphatic carbocycles. The number of aryl methyl sites for hydroxylation is 1. The van der Waals surface area contributed by atoms with Gasteiger partial charge in [0, 0.05) is 6.54 Å². The summed E-state index contributed by atoms with van der Waals surface area (Å²) in [5.41, 5.74) is 1.34. The van der Waals surface area contributed by atoms with Crippen molar-refractivity contribution < 1.29 is 0 Å². The average molecular weight is 300 g/mol. The first kappa shape index (κ1) is 13.1. The molecule has 2 rings (SSSR count). The van der Waals surface area contributed by atoms with Gasteiger partial charge in [-0.2, -0.15) is 5.10 Å². The number of aromatic nitrogens is 2. The highest BCUT2D eigenvalue weighted by Gasteiger charge is 2.26. The maximum atomic E-state index is 4.46. The van der Waals surface area contributed by atoms with E-state index in [9.17, 15) is 0 Å². The number of rotatable bonds is 4. The Kier molecular flexibility index (Phi) is 4.62. The molecule has 17 heavy (non-hydrogen) atoms. The molecule has 1 aliphatic rings. The number of hydrogen-bond donors (Lipinski definition) is 1. The second-order valence-corrected chi connectivity index (χ2v) is 5.76. The van der Waals surface area contributed by atoms with Crippen molar-refractivity contribution in [1.82, 2.24) is 15.1 Å². The van der Waals surface area contributed by atoms with Crippen LogP contribution in [0.15, 0.2) is 10.7 Å². The third-order valence-corrected chi connectivity index (χ3v) is 4.30. The lowest BCUT2D eigenvalue weighted by Gasteiger charge is -2.30. The molecule has 96 valence electrons. The summed E-state index contributed by atoms with van der Waals surface area (Å²) in [6.45, 7) is 6.64. The van der Waals surface area contributed by atoms with Crippen molar-refractivity contribution in [1.29, 1.82) is 0 Å². The molecule has 0 saturated carbocycles. The fourth-order valence-corrected chi connectivity index (χ4v) is 3.26. The van der Waals surface area contributed by atoms with E-state index >= 15 is 0 Å². The van der Waals surface area contributed by atoms with Crippen LogP contribution < -0.4 is 5.32 Å². The lowest BCUT2D eigenvalue weighted by molar-refractivity contribution is 0.287. The molecule has 2 atom stereocenters. The van der Waals surface area contributed by atoms with Gasteiger partial charge < -0.3 is 5.32 Å². The molecule has 1 fully saturated rings. The normalized spacial score (nSPS) is 25.1. The Morgan fingerprint density at radius 1 is 1.53 bits per heavy atom. The molecule has 2 unspecified atom stereocenters. The van der Waals surface area contributed by atoms with E-state index in [2.05, 4.69) is 44.9 Å². The van der Waals surface area contributed by atoms with Gasteiger partial charge in [0.25, 0.3) is 0 Å².